The van der Waals surface area contributed by atoms with Gasteiger partial charge in [-0.3, -0.25) is 0 Å². The molecule has 2 aromatic carbocycles. The zero-order valence-corrected chi connectivity index (χ0v) is 12.2. The van der Waals surface area contributed by atoms with Crippen molar-refractivity contribution in [3.63, 3.8) is 0 Å². The van der Waals surface area contributed by atoms with Crippen molar-refractivity contribution in [2.24, 2.45) is 5.92 Å². The van der Waals surface area contributed by atoms with Crippen molar-refractivity contribution in [3.8, 4) is 5.75 Å². The van der Waals surface area contributed by atoms with Crippen LogP contribution < -0.4 is 10.1 Å². The molecule has 0 aliphatic heterocycles. The van der Waals surface area contributed by atoms with E-state index in [-0.39, 0.29) is 11.9 Å². The molecule has 0 heterocycles. The lowest BCUT2D eigenvalue weighted by Gasteiger charge is -2.20. The van der Waals surface area contributed by atoms with Crippen LogP contribution in [0.1, 0.15) is 31.4 Å². The number of halogens is 1. The molecule has 0 saturated heterocycles. The van der Waals surface area contributed by atoms with E-state index in [4.69, 9.17) is 4.74 Å². The third-order valence-corrected chi connectivity index (χ3v) is 3.81. The Hall–Kier alpha value is -2.03. The van der Waals surface area contributed by atoms with Gasteiger partial charge in [0, 0.05) is 5.69 Å². The molecule has 0 aromatic heterocycles. The monoisotopic (exact) mass is 285 g/mol. The Labute approximate surface area is 125 Å². The van der Waals surface area contributed by atoms with Gasteiger partial charge in [-0.05, 0) is 67.6 Å². The molecule has 2 nitrogen and oxygen atoms in total. The fourth-order valence-corrected chi connectivity index (χ4v) is 2.57. The zero-order chi connectivity index (χ0) is 14.7. The number of rotatable bonds is 6. The minimum Gasteiger partial charge on any atom is -0.494 e. The van der Waals surface area contributed by atoms with Gasteiger partial charge in [0.25, 0.3) is 0 Å². The van der Waals surface area contributed by atoms with Gasteiger partial charge in [-0.25, -0.2) is 4.39 Å². The van der Waals surface area contributed by atoms with Gasteiger partial charge < -0.3 is 10.1 Å². The summed E-state index contributed by atoms with van der Waals surface area (Å²) in [5.74, 6) is 1.34. The summed E-state index contributed by atoms with van der Waals surface area (Å²) >= 11 is 0. The van der Waals surface area contributed by atoms with Crippen molar-refractivity contribution >= 4 is 5.69 Å². The van der Waals surface area contributed by atoms with E-state index in [1.54, 1.807) is 0 Å². The van der Waals surface area contributed by atoms with E-state index in [2.05, 4.69) is 5.32 Å². The lowest BCUT2D eigenvalue weighted by atomic mass is 10.0. The molecule has 2 aromatic rings. The Morgan fingerprint density at radius 1 is 1.10 bits per heavy atom. The summed E-state index contributed by atoms with van der Waals surface area (Å²) in [6.45, 7) is 2.65. The van der Waals surface area contributed by atoms with Gasteiger partial charge in [-0.15, -0.1) is 0 Å². The number of anilines is 1. The van der Waals surface area contributed by atoms with Gasteiger partial charge in [0.15, 0.2) is 0 Å². The molecule has 0 bridgehead atoms. The van der Waals surface area contributed by atoms with Crippen LogP contribution in [0.15, 0.2) is 48.5 Å². The Morgan fingerprint density at radius 2 is 1.76 bits per heavy atom. The summed E-state index contributed by atoms with van der Waals surface area (Å²) in [6.07, 6.45) is 2.46. The number of benzene rings is 2. The Balaban J connectivity index is 1.74. The second-order valence-electron chi connectivity index (χ2n) is 5.47. The summed E-state index contributed by atoms with van der Waals surface area (Å²) < 4.78 is 18.5. The maximum atomic E-state index is 13.1. The van der Waals surface area contributed by atoms with Crippen LogP contribution in [0.3, 0.4) is 0 Å². The average molecular weight is 285 g/mol. The summed E-state index contributed by atoms with van der Waals surface area (Å²) in [7, 11) is 0. The van der Waals surface area contributed by atoms with Gasteiger partial charge in [0.1, 0.15) is 11.6 Å². The minimum atomic E-state index is -0.186. The summed E-state index contributed by atoms with van der Waals surface area (Å²) in [4.78, 5) is 0. The van der Waals surface area contributed by atoms with E-state index in [1.165, 1.54) is 25.0 Å². The van der Waals surface area contributed by atoms with E-state index >= 15 is 0 Å². The highest BCUT2D eigenvalue weighted by atomic mass is 19.1. The predicted octanol–water partition coefficient (Wildman–Crippen LogP) is 4.79. The van der Waals surface area contributed by atoms with E-state index in [0.29, 0.717) is 12.5 Å². The van der Waals surface area contributed by atoms with E-state index in [0.717, 1.165) is 17.0 Å². The fraction of sp³-hybridized carbons (Fsp3) is 0.333. The molecule has 1 saturated carbocycles. The van der Waals surface area contributed by atoms with Crippen LogP contribution in [-0.4, -0.2) is 6.61 Å². The second kappa shape index (κ2) is 6.17. The molecule has 3 rings (SSSR count). The van der Waals surface area contributed by atoms with Crippen LogP contribution >= 0.6 is 0 Å². The number of ether oxygens (including phenoxy) is 1. The Kier molecular flexibility index (Phi) is 4.09. The average Bonchev–Trinajstić information content (AvgIpc) is 3.33. The lowest BCUT2D eigenvalue weighted by molar-refractivity contribution is 0.340. The molecule has 1 aliphatic rings. The summed E-state index contributed by atoms with van der Waals surface area (Å²) in [6, 6.07) is 15.1. The van der Waals surface area contributed by atoms with Crippen molar-refractivity contribution in [2.45, 2.75) is 25.8 Å². The van der Waals surface area contributed by atoms with Crippen LogP contribution in [0.2, 0.25) is 0 Å². The third kappa shape index (κ3) is 3.54. The predicted molar refractivity (Wildman–Crippen MR) is 83.1 cm³/mol. The normalized spacial score (nSPS) is 15.5. The largest absolute Gasteiger partial charge is 0.494 e. The Morgan fingerprint density at radius 3 is 2.33 bits per heavy atom. The lowest BCUT2D eigenvalue weighted by Crippen LogP contribution is -2.12. The van der Waals surface area contributed by atoms with Gasteiger partial charge >= 0.3 is 0 Å². The maximum Gasteiger partial charge on any atom is 0.123 e. The van der Waals surface area contributed by atoms with Crippen molar-refractivity contribution in [3.05, 3.63) is 59.9 Å². The van der Waals surface area contributed by atoms with Crippen LogP contribution in [0.5, 0.6) is 5.75 Å². The van der Waals surface area contributed by atoms with E-state index in [9.17, 15) is 4.39 Å². The first-order valence-corrected chi connectivity index (χ1v) is 7.51. The molecule has 1 fully saturated rings. The fourth-order valence-electron chi connectivity index (χ4n) is 2.57. The SMILES string of the molecule is CCOc1ccc(NC(c2ccc(F)cc2)C2CC2)cc1. The minimum absolute atomic E-state index is 0.186. The topological polar surface area (TPSA) is 21.3 Å². The van der Waals surface area contributed by atoms with E-state index < -0.39 is 0 Å². The molecular formula is C18H20FNO. The number of nitrogens with one attached hydrogen (secondary N) is 1. The molecule has 0 radical (unpaired) electrons. The van der Waals surface area contributed by atoms with Crippen LogP contribution in [0, 0.1) is 11.7 Å². The quantitative estimate of drug-likeness (QED) is 0.824. The molecule has 1 aliphatic carbocycles. The second-order valence-corrected chi connectivity index (χ2v) is 5.47. The van der Waals surface area contributed by atoms with Gasteiger partial charge in [-0.2, -0.15) is 0 Å². The van der Waals surface area contributed by atoms with Crippen molar-refractivity contribution in [2.75, 3.05) is 11.9 Å². The molecule has 110 valence electrons. The molecule has 0 amide bonds. The van der Waals surface area contributed by atoms with Crippen LogP contribution in [-0.2, 0) is 0 Å². The first kappa shape index (κ1) is 13.9. The van der Waals surface area contributed by atoms with Gasteiger partial charge in [0.05, 0.1) is 12.6 Å². The van der Waals surface area contributed by atoms with Crippen LogP contribution in [0.25, 0.3) is 0 Å². The van der Waals surface area contributed by atoms with Gasteiger partial charge in [0.2, 0.25) is 0 Å². The number of hydrogen-bond donors (Lipinski definition) is 1. The zero-order valence-electron chi connectivity index (χ0n) is 12.2. The summed E-state index contributed by atoms with van der Waals surface area (Å²) in [5.41, 5.74) is 2.22. The highest BCUT2D eigenvalue weighted by molar-refractivity contribution is 5.48. The number of hydrogen-bond acceptors (Lipinski definition) is 2. The summed E-state index contributed by atoms with van der Waals surface area (Å²) in [5, 5.41) is 3.57. The first-order valence-electron chi connectivity index (χ1n) is 7.51. The standard InChI is InChI=1S/C18H20FNO/c1-2-21-17-11-9-16(10-12-17)20-18(13-3-4-13)14-5-7-15(19)8-6-14/h5-13,18,20H,2-4H2,1H3. The van der Waals surface area contributed by atoms with Crippen molar-refractivity contribution < 1.29 is 9.13 Å². The smallest absolute Gasteiger partial charge is 0.123 e. The molecule has 21 heavy (non-hydrogen) atoms. The third-order valence-electron chi connectivity index (χ3n) is 3.81. The van der Waals surface area contributed by atoms with Crippen molar-refractivity contribution in [1.82, 2.24) is 0 Å². The molecular weight excluding hydrogens is 265 g/mol. The first-order chi connectivity index (χ1) is 10.3. The highest BCUT2D eigenvalue weighted by Gasteiger charge is 2.32. The molecule has 1 unspecified atom stereocenters. The molecule has 1 N–H and O–H groups in total. The molecule has 1 atom stereocenters. The van der Waals surface area contributed by atoms with Crippen LogP contribution in [0.4, 0.5) is 10.1 Å². The molecule has 0 spiro atoms. The Bertz CT molecular complexity index is 575. The molecule has 3 heteroatoms. The van der Waals surface area contributed by atoms with Crippen molar-refractivity contribution in [1.29, 1.82) is 0 Å². The van der Waals surface area contributed by atoms with E-state index in [1.807, 2.05) is 43.3 Å². The maximum absolute atomic E-state index is 13.1. The van der Waals surface area contributed by atoms with Gasteiger partial charge in [-0.1, -0.05) is 12.1 Å². The highest BCUT2D eigenvalue weighted by Crippen LogP contribution is 2.43.